The van der Waals surface area contributed by atoms with Crippen LogP contribution in [0.5, 0.6) is 11.5 Å². The number of methoxy groups -OCH3 is 2. The predicted molar refractivity (Wildman–Crippen MR) is 76.3 cm³/mol. The van der Waals surface area contributed by atoms with Gasteiger partial charge in [-0.1, -0.05) is 32.6 Å². The first-order valence-electron chi connectivity index (χ1n) is 6.83. The van der Waals surface area contributed by atoms with Gasteiger partial charge in [-0.25, -0.2) is 0 Å². The highest BCUT2D eigenvalue weighted by molar-refractivity contribution is 5.38. The number of hydrogen-bond donors (Lipinski definition) is 0. The molecule has 2 heteroatoms. The van der Waals surface area contributed by atoms with Gasteiger partial charge in [0.1, 0.15) is 11.5 Å². The maximum absolute atomic E-state index is 5.26. The second-order valence-corrected chi connectivity index (χ2v) is 4.56. The first-order chi connectivity index (χ1) is 8.80. The Kier molecular flexibility index (Phi) is 7.31. The van der Waals surface area contributed by atoms with E-state index in [2.05, 4.69) is 25.5 Å². The molecule has 0 aliphatic heterocycles. The van der Waals surface area contributed by atoms with E-state index < -0.39 is 0 Å². The standard InChI is InChI=1S/C16H25O2/c1-4-5-6-7-8-9-10-14-11-15(17-2)13-16(12-14)18-3/h9,11-13H,4-8,10H2,1-3H3. The molecule has 0 atom stereocenters. The molecule has 1 radical (unpaired) electrons. The summed E-state index contributed by atoms with van der Waals surface area (Å²) in [5, 5.41) is 0. The minimum Gasteiger partial charge on any atom is -0.497 e. The molecule has 1 aromatic carbocycles. The zero-order chi connectivity index (χ0) is 13.2. The van der Waals surface area contributed by atoms with Crippen molar-refractivity contribution in [1.82, 2.24) is 0 Å². The molecular formula is C16H25O2. The van der Waals surface area contributed by atoms with Crippen LogP contribution < -0.4 is 9.47 Å². The Bertz CT molecular complexity index is 312. The van der Waals surface area contributed by atoms with Crippen molar-refractivity contribution < 1.29 is 9.47 Å². The lowest BCUT2D eigenvalue weighted by molar-refractivity contribution is 0.393. The molecule has 0 aliphatic rings. The summed E-state index contributed by atoms with van der Waals surface area (Å²) in [6, 6.07) is 6.06. The number of rotatable bonds is 9. The molecule has 1 aromatic rings. The smallest absolute Gasteiger partial charge is 0.122 e. The van der Waals surface area contributed by atoms with E-state index >= 15 is 0 Å². The van der Waals surface area contributed by atoms with E-state index in [0.717, 1.165) is 17.9 Å². The summed E-state index contributed by atoms with van der Waals surface area (Å²) in [6.45, 7) is 2.24. The normalized spacial score (nSPS) is 10.4. The summed E-state index contributed by atoms with van der Waals surface area (Å²) in [5.74, 6) is 1.73. The number of ether oxygens (including phenoxy) is 2. The second-order valence-electron chi connectivity index (χ2n) is 4.56. The van der Waals surface area contributed by atoms with Crippen molar-refractivity contribution in [2.24, 2.45) is 0 Å². The maximum Gasteiger partial charge on any atom is 0.122 e. The van der Waals surface area contributed by atoms with Crippen molar-refractivity contribution in [2.75, 3.05) is 14.2 Å². The van der Waals surface area contributed by atoms with E-state index in [9.17, 15) is 0 Å². The fourth-order valence-electron chi connectivity index (χ4n) is 1.97. The lowest BCUT2D eigenvalue weighted by atomic mass is 10.0. The third kappa shape index (κ3) is 5.44. The zero-order valence-corrected chi connectivity index (χ0v) is 11.9. The van der Waals surface area contributed by atoms with E-state index in [1.807, 2.05) is 6.07 Å². The molecule has 0 heterocycles. The molecule has 1 rings (SSSR count). The Labute approximate surface area is 111 Å². The van der Waals surface area contributed by atoms with Gasteiger partial charge in [-0.3, -0.25) is 0 Å². The highest BCUT2D eigenvalue weighted by atomic mass is 16.5. The van der Waals surface area contributed by atoms with Crippen LogP contribution in [0.4, 0.5) is 0 Å². The van der Waals surface area contributed by atoms with Gasteiger partial charge in [-0.15, -0.1) is 0 Å². The number of hydrogen-bond acceptors (Lipinski definition) is 2. The van der Waals surface area contributed by atoms with Crippen LogP contribution in [0.2, 0.25) is 0 Å². The second kappa shape index (κ2) is 8.84. The van der Waals surface area contributed by atoms with Gasteiger partial charge in [0, 0.05) is 6.07 Å². The zero-order valence-electron chi connectivity index (χ0n) is 11.9. The van der Waals surface area contributed by atoms with Crippen molar-refractivity contribution in [1.29, 1.82) is 0 Å². The van der Waals surface area contributed by atoms with Crippen molar-refractivity contribution in [3.8, 4) is 11.5 Å². The summed E-state index contributed by atoms with van der Waals surface area (Å²) < 4.78 is 10.5. The van der Waals surface area contributed by atoms with Gasteiger partial charge in [0.05, 0.1) is 14.2 Å². The van der Waals surface area contributed by atoms with Crippen LogP contribution in [-0.2, 0) is 6.42 Å². The van der Waals surface area contributed by atoms with E-state index in [1.54, 1.807) is 14.2 Å². The van der Waals surface area contributed by atoms with E-state index in [4.69, 9.17) is 9.47 Å². The van der Waals surface area contributed by atoms with Crippen LogP contribution in [0.3, 0.4) is 0 Å². The van der Waals surface area contributed by atoms with Crippen molar-refractivity contribution in [3.63, 3.8) is 0 Å². The molecule has 101 valence electrons. The Morgan fingerprint density at radius 3 is 2.17 bits per heavy atom. The lowest BCUT2D eigenvalue weighted by Crippen LogP contribution is -1.92. The first-order valence-corrected chi connectivity index (χ1v) is 6.83. The molecule has 0 unspecified atom stereocenters. The van der Waals surface area contributed by atoms with Crippen LogP contribution in [0, 0.1) is 6.42 Å². The molecule has 18 heavy (non-hydrogen) atoms. The fraction of sp³-hybridized carbons (Fsp3) is 0.562. The van der Waals surface area contributed by atoms with Gasteiger partial charge in [-0.05, 0) is 37.0 Å². The molecule has 0 aromatic heterocycles. The minimum absolute atomic E-state index is 0.865. The van der Waals surface area contributed by atoms with Crippen molar-refractivity contribution in [2.45, 2.75) is 45.4 Å². The highest BCUT2D eigenvalue weighted by Gasteiger charge is 2.02. The molecular weight excluding hydrogens is 224 g/mol. The molecule has 0 saturated heterocycles. The minimum atomic E-state index is 0.865. The van der Waals surface area contributed by atoms with Gasteiger partial charge in [0.2, 0.25) is 0 Å². The van der Waals surface area contributed by atoms with Crippen molar-refractivity contribution in [3.05, 3.63) is 30.2 Å². The van der Waals surface area contributed by atoms with E-state index in [-0.39, 0.29) is 0 Å². The van der Waals surface area contributed by atoms with Crippen molar-refractivity contribution >= 4 is 0 Å². The van der Waals surface area contributed by atoms with E-state index in [1.165, 1.54) is 37.7 Å². The van der Waals surface area contributed by atoms with Gasteiger partial charge >= 0.3 is 0 Å². The number of benzene rings is 1. The lowest BCUT2D eigenvalue weighted by Gasteiger charge is -2.08. The maximum atomic E-state index is 5.26. The highest BCUT2D eigenvalue weighted by Crippen LogP contribution is 2.23. The molecule has 0 N–H and O–H groups in total. The molecule has 0 spiro atoms. The average Bonchev–Trinajstić information content (AvgIpc) is 2.42. The molecule has 0 fully saturated rings. The largest absolute Gasteiger partial charge is 0.497 e. The monoisotopic (exact) mass is 249 g/mol. The molecule has 2 nitrogen and oxygen atoms in total. The summed E-state index contributed by atoms with van der Waals surface area (Å²) >= 11 is 0. The topological polar surface area (TPSA) is 18.5 Å². The Morgan fingerprint density at radius 1 is 0.944 bits per heavy atom. The molecule has 0 saturated carbocycles. The van der Waals surface area contributed by atoms with Crippen LogP contribution in [0.1, 0.15) is 44.6 Å². The van der Waals surface area contributed by atoms with Crippen LogP contribution in [0.25, 0.3) is 0 Å². The number of unbranched alkanes of at least 4 members (excludes halogenated alkanes) is 5. The van der Waals surface area contributed by atoms with Gasteiger partial charge in [-0.2, -0.15) is 0 Å². The summed E-state index contributed by atoms with van der Waals surface area (Å²) in [4.78, 5) is 0. The molecule has 0 aliphatic carbocycles. The third-order valence-electron chi connectivity index (χ3n) is 3.05. The SMILES string of the molecule is CCCCCC[CH]Cc1cc(OC)cc(OC)c1. The summed E-state index contributed by atoms with van der Waals surface area (Å²) in [5.41, 5.74) is 1.25. The van der Waals surface area contributed by atoms with Crippen LogP contribution in [0.15, 0.2) is 18.2 Å². The third-order valence-corrected chi connectivity index (χ3v) is 3.05. The Morgan fingerprint density at radius 2 is 1.61 bits per heavy atom. The first kappa shape index (κ1) is 14.9. The van der Waals surface area contributed by atoms with Gasteiger partial charge in [0.25, 0.3) is 0 Å². The van der Waals surface area contributed by atoms with Gasteiger partial charge in [0.15, 0.2) is 0 Å². The summed E-state index contributed by atoms with van der Waals surface area (Å²) in [6.07, 6.45) is 9.82. The predicted octanol–water partition coefficient (Wildman–Crippen LogP) is 4.42. The van der Waals surface area contributed by atoms with E-state index in [0.29, 0.717) is 0 Å². The van der Waals surface area contributed by atoms with Crippen LogP contribution >= 0.6 is 0 Å². The van der Waals surface area contributed by atoms with Crippen LogP contribution in [-0.4, -0.2) is 14.2 Å². The quantitative estimate of drug-likeness (QED) is 0.603. The van der Waals surface area contributed by atoms with Gasteiger partial charge < -0.3 is 9.47 Å². The summed E-state index contributed by atoms with van der Waals surface area (Å²) in [7, 11) is 3.38. The Hall–Kier alpha value is -1.18. The fourth-order valence-corrected chi connectivity index (χ4v) is 1.97. The average molecular weight is 249 g/mol. The Balaban J connectivity index is 2.36. The molecule has 0 bridgehead atoms. The molecule has 0 amide bonds.